The largest absolute Gasteiger partial charge is 0.471 e. The molecule has 136 valence electrons. The Morgan fingerprint density at radius 2 is 1.62 bits per heavy atom. The van der Waals surface area contributed by atoms with Crippen LogP contribution in [0.25, 0.3) is 0 Å². The fourth-order valence-electron chi connectivity index (χ4n) is 3.07. The summed E-state index contributed by atoms with van der Waals surface area (Å²) in [5.74, 6) is -1.87. The highest BCUT2D eigenvalue weighted by molar-refractivity contribution is 5.82. The molecule has 0 aromatic carbocycles. The van der Waals surface area contributed by atoms with Crippen molar-refractivity contribution in [2.45, 2.75) is 38.3 Å². The van der Waals surface area contributed by atoms with Crippen molar-refractivity contribution in [2.24, 2.45) is 0 Å². The van der Waals surface area contributed by atoms with Crippen LogP contribution in [0.4, 0.5) is 13.2 Å². The van der Waals surface area contributed by atoms with Gasteiger partial charge in [0.15, 0.2) is 0 Å². The summed E-state index contributed by atoms with van der Waals surface area (Å²) in [6, 6.07) is 0. The van der Waals surface area contributed by atoms with Gasteiger partial charge in [-0.25, -0.2) is 0 Å². The zero-order valence-electron chi connectivity index (χ0n) is 13.5. The van der Waals surface area contributed by atoms with Crippen LogP contribution in [0.5, 0.6) is 0 Å². The van der Waals surface area contributed by atoms with Crippen LogP contribution in [-0.2, 0) is 14.4 Å². The zero-order valence-corrected chi connectivity index (χ0v) is 13.5. The van der Waals surface area contributed by atoms with E-state index in [0.717, 1.165) is 17.9 Å². The normalized spacial score (nSPS) is 19.6. The summed E-state index contributed by atoms with van der Waals surface area (Å²) in [7, 11) is 0. The van der Waals surface area contributed by atoms with Gasteiger partial charge in [-0.15, -0.1) is 0 Å². The number of carbonyl (C=O) groups is 3. The lowest BCUT2D eigenvalue weighted by molar-refractivity contribution is -0.185. The minimum absolute atomic E-state index is 0.00437. The smallest absolute Gasteiger partial charge is 0.343 e. The molecule has 0 aromatic heterocycles. The Morgan fingerprint density at radius 3 is 2.25 bits per heavy atom. The Hall–Kier alpha value is -1.80. The van der Waals surface area contributed by atoms with E-state index in [1.807, 2.05) is 0 Å². The number of rotatable bonds is 4. The van der Waals surface area contributed by atoms with Crippen LogP contribution in [0.1, 0.15) is 32.1 Å². The number of hydrogen-bond donors (Lipinski definition) is 0. The summed E-state index contributed by atoms with van der Waals surface area (Å²) in [5, 5.41) is 0. The Bertz CT molecular complexity index is 496. The number of alkyl halides is 3. The molecule has 0 aromatic rings. The maximum Gasteiger partial charge on any atom is 0.471 e. The van der Waals surface area contributed by atoms with E-state index in [2.05, 4.69) is 0 Å². The molecule has 2 fully saturated rings. The maximum absolute atomic E-state index is 12.5. The molecule has 0 radical (unpaired) electrons. The highest BCUT2D eigenvalue weighted by Crippen LogP contribution is 2.20. The number of carbonyl (C=O) groups excluding carboxylic acids is 3. The molecule has 9 heteroatoms. The van der Waals surface area contributed by atoms with Gasteiger partial charge in [0.2, 0.25) is 11.8 Å². The van der Waals surface area contributed by atoms with Crippen LogP contribution >= 0.6 is 0 Å². The molecule has 0 aliphatic carbocycles. The first-order valence-corrected chi connectivity index (χ1v) is 8.20. The monoisotopic (exact) mass is 349 g/mol. The van der Waals surface area contributed by atoms with E-state index < -0.39 is 12.1 Å². The number of likely N-dealkylation sites (tertiary alicyclic amines) is 1. The fourth-order valence-corrected chi connectivity index (χ4v) is 3.07. The second-order valence-electron chi connectivity index (χ2n) is 6.11. The Balaban J connectivity index is 1.75. The van der Waals surface area contributed by atoms with Gasteiger partial charge in [-0.2, -0.15) is 13.2 Å². The van der Waals surface area contributed by atoms with Crippen LogP contribution in [0.2, 0.25) is 0 Å². The highest BCUT2D eigenvalue weighted by atomic mass is 19.4. The third-order valence-corrected chi connectivity index (χ3v) is 4.37. The highest BCUT2D eigenvalue weighted by Gasteiger charge is 2.42. The summed E-state index contributed by atoms with van der Waals surface area (Å²) in [6.07, 6.45) is -2.33. The molecule has 2 aliphatic heterocycles. The van der Waals surface area contributed by atoms with E-state index in [9.17, 15) is 27.6 Å². The minimum atomic E-state index is -4.87. The summed E-state index contributed by atoms with van der Waals surface area (Å²) in [5.41, 5.74) is 0. The van der Waals surface area contributed by atoms with E-state index in [-0.39, 0.29) is 37.9 Å². The number of hydrogen-bond acceptors (Lipinski definition) is 3. The van der Waals surface area contributed by atoms with E-state index in [1.54, 1.807) is 4.90 Å². The molecular weight excluding hydrogens is 327 g/mol. The number of halogens is 3. The summed E-state index contributed by atoms with van der Waals surface area (Å²) in [6.45, 7) is 1.63. The van der Waals surface area contributed by atoms with Crippen molar-refractivity contribution in [2.75, 3.05) is 39.3 Å². The van der Waals surface area contributed by atoms with Crippen LogP contribution in [0.15, 0.2) is 0 Å². The third-order valence-electron chi connectivity index (χ3n) is 4.37. The lowest BCUT2D eigenvalue weighted by atomic mass is 10.2. The topological polar surface area (TPSA) is 60.9 Å². The predicted molar refractivity (Wildman–Crippen MR) is 78.9 cm³/mol. The van der Waals surface area contributed by atoms with Crippen LogP contribution in [-0.4, -0.2) is 77.9 Å². The van der Waals surface area contributed by atoms with E-state index >= 15 is 0 Å². The van der Waals surface area contributed by atoms with Crippen LogP contribution < -0.4 is 0 Å². The summed E-state index contributed by atoms with van der Waals surface area (Å²) in [4.78, 5) is 38.9. The lowest BCUT2D eigenvalue weighted by Gasteiger charge is -2.23. The van der Waals surface area contributed by atoms with Gasteiger partial charge in [0.1, 0.15) is 0 Å². The van der Waals surface area contributed by atoms with Gasteiger partial charge in [0.25, 0.3) is 0 Å². The van der Waals surface area contributed by atoms with Crippen molar-refractivity contribution in [3.63, 3.8) is 0 Å². The molecule has 0 spiro atoms. The van der Waals surface area contributed by atoms with Gasteiger partial charge in [-0.05, 0) is 19.3 Å². The van der Waals surface area contributed by atoms with Crippen molar-refractivity contribution in [3.8, 4) is 0 Å². The molecule has 0 N–H and O–H groups in total. The molecule has 0 saturated carbocycles. The number of amides is 3. The van der Waals surface area contributed by atoms with Gasteiger partial charge in [-0.3, -0.25) is 14.4 Å². The van der Waals surface area contributed by atoms with Gasteiger partial charge in [0, 0.05) is 52.1 Å². The molecule has 2 heterocycles. The third kappa shape index (κ3) is 4.85. The molecule has 2 rings (SSSR count). The first-order chi connectivity index (χ1) is 11.3. The average Bonchev–Trinajstić information content (AvgIpc) is 2.78. The SMILES string of the molecule is O=C1CCCN1CCCC(=O)N1CCCN(C(=O)C(F)(F)F)CC1. The van der Waals surface area contributed by atoms with Gasteiger partial charge in [-0.1, -0.05) is 0 Å². The van der Waals surface area contributed by atoms with E-state index in [0.29, 0.717) is 32.4 Å². The summed E-state index contributed by atoms with van der Waals surface area (Å²) < 4.78 is 37.4. The molecule has 2 aliphatic rings. The molecular formula is C15H22F3N3O3. The van der Waals surface area contributed by atoms with Crippen molar-refractivity contribution < 1.29 is 27.6 Å². The second-order valence-corrected chi connectivity index (χ2v) is 6.11. The van der Waals surface area contributed by atoms with Gasteiger partial charge in [0.05, 0.1) is 0 Å². The zero-order chi connectivity index (χ0) is 17.7. The van der Waals surface area contributed by atoms with Crippen LogP contribution in [0, 0.1) is 0 Å². The molecule has 24 heavy (non-hydrogen) atoms. The standard InChI is InChI=1S/C15H22F3N3O3/c16-15(17,18)14(24)21-9-3-8-20(10-11-21)13(23)5-2-7-19-6-1-4-12(19)22/h1-11H2. The average molecular weight is 349 g/mol. The molecule has 2 saturated heterocycles. The van der Waals surface area contributed by atoms with Gasteiger partial charge >= 0.3 is 12.1 Å². The summed E-state index contributed by atoms with van der Waals surface area (Å²) >= 11 is 0. The van der Waals surface area contributed by atoms with Crippen molar-refractivity contribution in [1.29, 1.82) is 0 Å². The molecule has 0 bridgehead atoms. The first-order valence-electron chi connectivity index (χ1n) is 8.20. The molecule has 6 nitrogen and oxygen atoms in total. The van der Waals surface area contributed by atoms with E-state index in [4.69, 9.17) is 0 Å². The Labute approximate surface area is 138 Å². The Morgan fingerprint density at radius 1 is 0.958 bits per heavy atom. The minimum Gasteiger partial charge on any atom is -0.343 e. The number of nitrogens with zero attached hydrogens (tertiary/aromatic N) is 3. The molecule has 0 atom stereocenters. The lowest BCUT2D eigenvalue weighted by Crippen LogP contribution is -2.43. The van der Waals surface area contributed by atoms with Crippen molar-refractivity contribution in [1.82, 2.24) is 14.7 Å². The molecule has 0 unspecified atom stereocenters. The quantitative estimate of drug-likeness (QED) is 0.761. The molecule has 3 amide bonds. The van der Waals surface area contributed by atoms with Gasteiger partial charge < -0.3 is 14.7 Å². The van der Waals surface area contributed by atoms with Crippen LogP contribution in [0.3, 0.4) is 0 Å². The van der Waals surface area contributed by atoms with E-state index in [1.165, 1.54) is 4.90 Å². The maximum atomic E-state index is 12.5. The van der Waals surface area contributed by atoms with Crippen molar-refractivity contribution >= 4 is 17.7 Å². The first kappa shape index (κ1) is 18.5. The second kappa shape index (κ2) is 7.85. The van der Waals surface area contributed by atoms with Crippen molar-refractivity contribution in [3.05, 3.63) is 0 Å². The predicted octanol–water partition coefficient (Wildman–Crippen LogP) is 1.01. The Kier molecular flexibility index (Phi) is 6.06. The fraction of sp³-hybridized carbons (Fsp3) is 0.800.